The molecule has 0 bridgehead atoms. The summed E-state index contributed by atoms with van der Waals surface area (Å²) in [5, 5.41) is 2.16. The largest absolute Gasteiger partial charge is 0.493 e. The summed E-state index contributed by atoms with van der Waals surface area (Å²) in [5.74, 6) is -3.26. The van der Waals surface area contributed by atoms with Crippen molar-refractivity contribution in [3.8, 4) is 11.5 Å². The number of carbonyl (C=O) groups excluding carboxylic acids is 2. The molecule has 0 heterocycles. The Hall–Kier alpha value is -2.87. The van der Waals surface area contributed by atoms with Crippen molar-refractivity contribution in [1.29, 1.82) is 0 Å². The fraction of sp³-hybridized carbons (Fsp3) is 0.222. The van der Waals surface area contributed by atoms with Gasteiger partial charge < -0.3 is 19.5 Å². The van der Waals surface area contributed by atoms with Gasteiger partial charge in [0.05, 0.1) is 24.8 Å². The van der Waals surface area contributed by atoms with E-state index in [-0.39, 0.29) is 22.1 Å². The quantitative estimate of drug-likeness (QED) is 0.747. The predicted molar refractivity (Wildman–Crippen MR) is 94.4 cm³/mol. The average Bonchev–Trinajstić information content (AvgIpc) is 2.63. The van der Waals surface area contributed by atoms with Gasteiger partial charge in [-0.2, -0.15) is 0 Å². The molecule has 0 aromatic heterocycles. The molecule has 0 radical (unpaired) electrons. The summed E-state index contributed by atoms with van der Waals surface area (Å²) >= 11 is 6.02. The minimum Gasteiger partial charge on any atom is -0.493 e. The second-order valence-electron chi connectivity index (χ2n) is 5.33. The highest BCUT2D eigenvalue weighted by Gasteiger charge is 2.23. The molecule has 1 N–H and O–H groups in total. The molecular weight excluding hydrogens is 384 g/mol. The molecule has 0 saturated carbocycles. The number of carbonyl (C=O) groups is 2. The Labute approximate surface area is 159 Å². The van der Waals surface area contributed by atoms with Gasteiger partial charge in [-0.25, -0.2) is 13.6 Å². The van der Waals surface area contributed by atoms with Crippen molar-refractivity contribution in [2.75, 3.05) is 19.5 Å². The minimum atomic E-state index is -1.33. The van der Waals surface area contributed by atoms with Crippen molar-refractivity contribution in [3.63, 3.8) is 0 Å². The van der Waals surface area contributed by atoms with Crippen LogP contribution in [0.4, 0.5) is 14.5 Å². The number of hydrogen-bond acceptors (Lipinski definition) is 5. The van der Waals surface area contributed by atoms with Crippen LogP contribution >= 0.6 is 11.6 Å². The Bertz CT molecular complexity index is 855. The summed E-state index contributed by atoms with van der Waals surface area (Å²) in [7, 11) is 2.75. The molecule has 27 heavy (non-hydrogen) atoms. The van der Waals surface area contributed by atoms with Crippen LogP contribution in [0.5, 0.6) is 11.5 Å². The molecule has 9 heteroatoms. The molecule has 0 aliphatic rings. The summed E-state index contributed by atoms with van der Waals surface area (Å²) in [6.07, 6.45) is -1.33. The number of para-hydroxylation sites is 1. The SMILES string of the molecule is COc1cc(C(=O)O[C@H](C)C(=O)Nc2c(F)cccc2F)cc(Cl)c1OC. The molecule has 1 atom stereocenters. The lowest BCUT2D eigenvalue weighted by molar-refractivity contribution is -0.123. The molecule has 1 amide bonds. The van der Waals surface area contributed by atoms with E-state index in [0.29, 0.717) is 0 Å². The molecule has 0 spiro atoms. The molecular formula is C18H16ClF2NO5. The minimum absolute atomic E-state index is 0.00868. The molecule has 0 fully saturated rings. The summed E-state index contributed by atoms with van der Waals surface area (Å²) in [6.45, 7) is 1.26. The third-order valence-corrected chi connectivity index (χ3v) is 3.81. The lowest BCUT2D eigenvalue weighted by Crippen LogP contribution is -2.30. The normalized spacial score (nSPS) is 11.5. The summed E-state index contributed by atoms with van der Waals surface area (Å²) in [6, 6.07) is 5.74. The lowest BCUT2D eigenvalue weighted by atomic mass is 10.2. The van der Waals surface area contributed by atoms with Crippen LogP contribution in [0.25, 0.3) is 0 Å². The number of anilines is 1. The van der Waals surface area contributed by atoms with Crippen LogP contribution in [0.3, 0.4) is 0 Å². The van der Waals surface area contributed by atoms with Crippen molar-refractivity contribution < 1.29 is 32.6 Å². The van der Waals surface area contributed by atoms with E-state index in [0.717, 1.165) is 18.2 Å². The molecule has 2 aromatic carbocycles. The zero-order valence-corrected chi connectivity index (χ0v) is 15.4. The molecule has 0 unspecified atom stereocenters. The van der Waals surface area contributed by atoms with Crippen molar-refractivity contribution in [3.05, 3.63) is 52.6 Å². The molecule has 0 aliphatic heterocycles. The Morgan fingerprint density at radius 2 is 1.74 bits per heavy atom. The van der Waals surface area contributed by atoms with Crippen LogP contribution in [-0.4, -0.2) is 32.2 Å². The maximum Gasteiger partial charge on any atom is 0.339 e. The van der Waals surface area contributed by atoms with Crippen molar-refractivity contribution in [1.82, 2.24) is 0 Å². The topological polar surface area (TPSA) is 73.9 Å². The highest BCUT2D eigenvalue weighted by Crippen LogP contribution is 2.36. The molecule has 2 rings (SSSR count). The van der Waals surface area contributed by atoms with Gasteiger partial charge >= 0.3 is 5.97 Å². The molecule has 144 valence electrons. The number of benzene rings is 2. The van der Waals surface area contributed by atoms with Crippen molar-refractivity contribution >= 4 is 29.2 Å². The van der Waals surface area contributed by atoms with Gasteiger partial charge in [-0.15, -0.1) is 0 Å². The number of nitrogens with one attached hydrogen (secondary N) is 1. The van der Waals surface area contributed by atoms with Crippen LogP contribution in [0, 0.1) is 11.6 Å². The Morgan fingerprint density at radius 1 is 1.11 bits per heavy atom. The molecule has 6 nitrogen and oxygen atoms in total. The van der Waals surface area contributed by atoms with Crippen molar-refractivity contribution in [2.24, 2.45) is 0 Å². The molecule has 2 aromatic rings. The summed E-state index contributed by atoms with van der Waals surface area (Å²) in [5.41, 5.74) is -0.617. The number of ether oxygens (including phenoxy) is 3. The third-order valence-electron chi connectivity index (χ3n) is 3.53. The first-order valence-electron chi connectivity index (χ1n) is 7.65. The number of esters is 1. The number of rotatable bonds is 6. The summed E-state index contributed by atoms with van der Waals surface area (Å²) in [4.78, 5) is 24.3. The maximum absolute atomic E-state index is 13.6. The maximum atomic E-state index is 13.6. The van der Waals surface area contributed by atoms with Gasteiger partial charge in [-0.05, 0) is 31.2 Å². The first-order chi connectivity index (χ1) is 12.8. The van der Waals surface area contributed by atoms with E-state index in [1.165, 1.54) is 33.3 Å². The Balaban J connectivity index is 2.13. The number of methoxy groups -OCH3 is 2. The van der Waals surface area contributed by atoms with Crippen LogP contribution < -0.4 is 14.8 Å². The fourth-order valence-corrected chi connectivity index (χ4v) is 2.45. The standard InChI is InChI=1S/C18H16ClF2NO5/c1-9(17(23)22-15-12(20)5-4-6-13(15)21)27-18(24)10-7-11(19)16(26-3)14(8-10)25-2/h4-9H,1-3H3,(H,22,23)/t9-/m1/s1. The van der Waals surface area contributed by atoms with E-state index in [2.05, 4.69) is 5.32 Å². The van der Waals surface area contributed by atoms with Crippen LogP contribution in [0.15, 0.2) is 30.3 Å². The fourth-order valence-electron chi connectivity index (χ4n) is 2.16. The van der Waals surface area contributed by atoms with Crippen LogP contribution in [0.2, 0.25) is 5.02 Å². The summed E-state index contributed by atoms with van der Waals surface area (Å²) < 4.78 is 42.4. The van der Waals surface area contributed by atoms with Crippen LogP contribution in [0.1, 0.15) is 17.3 Å². The number of hydrogen-bond donors (Lipinski definition) is 1. The lowest BCUT2D eigenvalue weighted by Gasteiger charge is -2.15. The van der Waals surface area contributed by atoms with Gasteiger partial charge in [0.2, 0.25) is 0 Å². The highest BCUT2D eigenvalue weighted by atomic mass is 35.5. The van der Waals surface area contributed by atoms with Crippen LogP contribution in [-0.2, 0) is 9.53 Å². The van der Waals surface area contributed by atoms with E-state index in [9.17, 15) is 18.4 Å². The first-order valence-corrected chi connectivity index (χ1v) is 8.03. The van der Waals surface area contributed by atoms with Gasteiger partial charge in [-0.1, -0.05) is 17.7 Å². The monoisotopic (exact) mass is 399 g/mol. The van der Waals surface area contributed by atoms with E-state index in [1.54, 1.807) is 0 Å². The van der Waals surface area contributed by atoms with Gasteiger partial charge in [0.1, 0.15) is 17.3 Å². The Morgan fingerprint density at radius 3 is 2.30 bits per heavy atom. The third kappa shape index (κ3) is 4.65. The van der Waals surface area contributed by atoms with Gasteiger partial charge in [0, 0.05) is 0 Å². The van der Waals surface area contributed by atoms with Gasteiger partial charge in [0.25, 0.3) is 5.91 Å². The number of amides is 1. The molecule has 0 aliphatic carbocycles. The van der Waals surface area contributed by atoms with Crippen molar-refractivity contribution in [2.45, 2.75) is 13.0 Å². The zero-order chi connectivity index (χ0) is 20.1. The highest BCUT2D eigenvalue weighted by molar-refractivity contribution is 6.32. The van der Waals surface area contributed by atoms with E-state index >= 15 is 0 Å². The second-order valence-corrected chi connectivity index (χ2v) is 5.73. The van der Waals surface area contributed by atoms with Gasteiger partial charge in [-0.3, -0.25) is 4.79 Å². The Kier molecular flexibility index (Phi) is 6.57. The van der Waals surface area contributed by atoms with Gasteiger partial charge in [0.15, 0.2) is 17.6 Å². The predicted octanol–water partition coefficient (Wildman–Crippen LogP) is 3.82. The smallest absolute Gasteiger partial charge is 0.339 e. The van der Waals surface area contributed by atoms with E-state index in [4.69, 9.17) is 25.8 Å². The zero-order valence-electron chi connectivity index (χ0n) is 14.6. The second kappa shape index (κ2) is 8.68. The first kappa shape index (κ1) is 20.4. The molecule has 0 saturated heterocycles. The van der Waals surface area contributed by atoms with E-state index < -0.39 is 35.3 Å². The number of halogens is 3. The van der Waals surface area contributed by atoms with E-state index in [1.807, 2.05) is 0 Å². The average molecular weight is 400 g/mol.